The van der Waals surface area contributed by atoms with Gasteiger partial charge in [0.05, 0.1) is 17.1 Å². The van der Waals surface area contributed by atoms with Crippen molar-refractivity contribution in [3.63, 3.8) is 0 Å². The van der Waals surface area contributed by atoms with Crippen molar-refractivity contribution in [1.82, 2.24) is 0 Å². The number of benzene rings is 2. The Labute approximate surface area is 161 Å². The highest BCUT2D eigenvalue weighted by molar-refractivity contribution is 8.00. The third-order valence-corrected chi connectivity index (χ3v) is 7.09. The number of hydrogen-bond acceptors (Lipinski definition) is 4. The van der Waals surface area contributed by atoms with Gasteiger partial charge in [-0.2, -0.15) is 0 Å². The number of anilines is 2. The molecule has 0 atom stereocenters. The molecule has 1 fully saturated rings. The van der Waals surface area contributed by atoms with Gasteiger partial charge in [-0.25, -0.2) is 0 Å². The van der Waals surface area contributed by atoms with Crippen molar-refractivity contribution in [3.8, 4) is 0 Å². The molecule has 6 heteroatoms. The van der Waals surface area contributed by atoms with Crippen LogP contribution in [0.25, 0.3) is 0 Å². The van der Waals surface area contributed by atoms with Gasteiger partial charge in [0.1, 0.15) is 0 Å². The second kappa shape index (κ2) is 7.76. The predicted molar refractivity (Wildman–Crippen MR) is 108 cm³/mol. The molecule has 2 N–H and O–H groups in total. The molecule has 2 aromatic carbocycles. The molecule has 134 valence electrons. The summed E-state index contributed by atoms with van der Waals surface area (Å²) in [6, 6.07) is 13.4. The molecule has 4 nitrogen and oxygen atoms in total. The average molecular weight is 385 g/mol. The summed E-state index contributed by atoms with van der Waals surface area (Å²) < 4.78 is 0. The summed E-state index contributed by atoms with van der Waals surface area (Å²) in [6.45, 7) is 0. The van der Waals surface area contributed by atoms with Crippen molar-refractivity contribution >= 4 is 46.7 Å². The van der Waals surface area contributed by atoms with Gasteiger partial charge < -0.3 is 10.6 Å². The molecular formula is C20H20N2O2S2. The van der Waals surface area contributed by atoms with Crippen LogP contribution in [0.1, 0.15) is 36.0 Å². The largest absolute Gasteiger partial charge is 0.324 e. The first-order valence-electron chi connectivity index (χ1n) is 8.83. The van der Waals surface area contributed by atoms with Crippen LogP contribution in [-0.4, -0.2) is 22.8 Å². The van der Waals surface area contributed by atoms with E-state index in [1.54, 1.807) is 6.07 Å². The average Bonchev–Trinajstić information content (AvgIpc) is 3.15. The number of amides is 2. The van der Waals surface area contributed by atoms with Crippen molar-refractivity contribution < 1.29 is 9.59 Å². The van der Waals surface area contributed by atoms with Gasteiger partial charge in [-0.05, 0) is 43.2 Å². The van der Waals surface area contributed by atoms with Gasteiger partial charge in [-0.1, -0.05) is 25.0 Å². The molecular weight excluding hydrogens is 364 g/mol. The van der Waals surface area contributed by atoms with E-state index in [0.29, 0.717) is 22.3 Å². The fourth-order valence-corrected chi connectivity index (χ4v) is 5.40. The summed E-state index contributed by atoms with van der Waals surface area (Å²) in [4.78, 5) is 26.4. The maximum atomic E-state index is 12.7. The molecule has 1 aliphatic carbocycles. The van der Waals surface area contributed by atoms with Crippen LogP contribution in [0.5, 0.6) is 0 Å². The Balaban J connectivity index is 1.51. The first-order chi connectivity index (χ1) is 12.7. The number of rotatable bonds is 4. The number of carbonyl (C=O) groups is 2. The van der Waals surface area contributed by atoms with Gasteiger partial charge in [0.15, 0.2) is 0 Å². The minimum absolute atomic E-state index is 0.0293. The van der Waals surface area contributed by atoms with Gasteiger partial charge in [-0.3, -0.25) is 9.59 Å². The van der Waals surface area contributed by atoms with Crippen LogP contribution < -0.4 is 10.6 Å². The summed E-state index contributed by atoms with van der Waals surface area (Å²) in [5.41, 5.74) is 2.12. The molecule has 1 saturated carbocycles. The van der Waals surface area contributed by atoms with Crippen LogP contribution in [0.4, 0.5) is 11.4 Å². The van der Waals surface area contributed by atoms with E-state index in [0.717, 1.165) is 15.5 Å². The van der Waals surface area contributed by atoms with E-state index in [1.165, 1.54) is 37.4 Å². The first kappa shape index (κ1) is 17.5. The van der Waals surface area contributed by atoms with E-state index in [2.05, 4.69) is 16.7 Å². The highest BCUT2D eigenvalue weighted by Crippen LogP contribution is 2.38. The van der Waals surface area contributed by atoms with Gasteiger partial charge in [-0.15, -0.1) is 23.5 Å². The van der Waals surface area contributed by atoms with Crippen molar-refractivity contribution in [1.29, 1.82) is 0 Å². The van der Waals surface area contributed by atoms with E-state index >= 15 is 0 Å². The molecule has 2 amide bonds. The Kier molecular flexibility index (Phi) is 5.22. The summed E-state index contributed by atoms with van der Waals surface area (Å²) in [6.07, 6.45) is 5.08. The lowest BCUT2D eigenvalue weighted by atomic mass is 10.1. The van der Waals surface area contributed by atoms with E-state index in [9.17, 15) is 9.59 Å². The molecule has 0 bridgehead atoms. The molecule has 0 unspecified atom stereocenters. The third kappa shape index (κ3) is 3.91. The minimum atomic E-state index is -0.155. The van der Waals surface area contributed by atoms with Gasteiger partial charge in [0.25, 0.3) is 5.91 Å². The summed E-state index contributed by atoms with van der Waals surface area (Å²) in [7, 11) is 0. The standard InChI is InChI=1S/C20H20N2O2S2/c23-19-12-25-17-10-9-13(11-16(17)21-19)20(24)22-15-7-3-4-8-18(15)26-14-5-1-2-6-14/h3-4,7-11,14H,1-2,5-6,12H2,(H,21,23)(H,22,24). The first-order valence-corrected chi connectivity index (χ1v) is 10.7. The second-order valence-electron chi connectivity index (χ2n) is 6.52. The lowest BCUT2D eigenvalue weighted by Gasteiger charge is -2.17. The van der Waals surface area contributed by atoms with E-state index in [-0.39, 0.29) is 11.8 Å². The van der Waals surface area contributed by atoms with Gasteiger partial charge in [0.2, 0.25) is 5.91 Å². The number of hydrogen-bond donors (Lipinski definition) is 2. The highest BCUT2D eigenvalue weighted by atomic mass is 32.2. The molecule has 4 rings (SSSR count). The summed E-state index contributed by atoms with van der Waals surface area (Å²) >= 11 is 3.36. The molecule has 0 spiro atoms. The van der Waals surface area contributed by atoms with Crippen molar-refractivity contribution in [3.05, 3.63) is 48.0 Å². The lowest BCUT2D eigenvalue weighted by Crippen LogP contribution is -2.20. The third-order valence-electron chi connectivity index (χ3n) is 4.61. The Morgan fingerprint density at radius 2 is 1.96 bits per heavy atom. The molecule has 0 aromatic heterocycles. The lowest BCUT2D eigenvalue weighted by molar-refractivity contribution is -0.113. The van der Waals surface area contributed by atoms with Crippen LogP contribution in [0.2, 0.25) is 0 Å². The predicted octanol–water partition coefficient (Wildman–Crippen LogP) is 5.02. The number of para-hydroxylation sites is 1. The topological polar surface area (TPSA) is 58.2 Å². The number of carbonyl (C=O) groups excluding carboxylic acids is 2. The Morgan fingerprint density at radius 3 is 2.81 bits per heavy atom. The van der Waals surface area contributed by atoms with Crippen LogP contribution in [0, 0.1) is 0 Å². The van der Waals surface area contributed by atoms with E-state index in [1.807, 2.05) is 42.1 Å². The van der Waals surface area contributed by atoms with Crippen molar-refractivity contribution in [2.45, 2.75) is 40.7 Å². The minimum Gasteiger partial charge on any atom is -0.324 e. The molecule has 1 heterocycles. The molecule has 0 saturated heterocycles. The Morgan fingerprint density at radius 1 is 1.15 bits per heavy atom. The molecule has 0 radical (unpaired) electrons. The van der Waals surface area contributed by atoms with Crippen molar-refractivity contribution in [2.24, 2.45) is 0 Å². The van der Waals surface area contributed by atoms with Crippen LogP contribution in [0.3, 0.4) is 0 Å². The van der Waals surface area contributed by atoms with E-state index in [4.69, 9.17) is 0 Å². The van der Waals surface area contributed by atoms with Gasteiger partial charge in [0, 0.05) is 20.6 Å². The maximum absolute atomic E-state index is 12.7. The second-order valence-corrected chi connectivity index (χ2v) is 8.88. The maximum Gasteiger partial charge on any atom is 0.255 e. The number of nitrogens with one attached hydrogen (secondary N) is 2. The zero-order chi connectivity index (χ0) is 17.9. The normalized spacial score (nSPS) is 16.8. The van der Waals surface area contributed by atoms with E-state index < -0.39 is 0 Å². The van der Waals surface area contributed by atoms with Crippen molar-refractivity contribution in [2.75, 3.05) is 16.4 Å². The quantitative estimate of drug-likeness (QED) is 0.777. The molecule has 2 aliphatic rings. The highest BCUT2D eigenvalue weighted by Gasteiger charge is 2.20. The zero-order valence-electron chi connectivity index (χ0n) is 14.3. The SMILES string of the molecule is O=C1CSc2ccc(C(=O)Nc3ccccc3SC3CCCC3)cc2N1. The fourth-order valence-electron chi connectivity index (χ4n) is 3.28. The van der Waals surface area contributed by atoms with Crippen LogP contribution in [0.15, 0.2) is 52.3 Å². The summed E-state index contributed by atoms with van der Waals surface area (Å²) in [5.74, 6) is 0.236. The number of thioether (sulfide) groups is 2. The van der Waals surface area contributed by atoms with Crippen LogP contribution >= 0.6 is 23.5 Å². The van der Waals surface area contributed by atoms with Crippen LogP contribution in [-0.2, 0) is 4.79 Å². The molecule has 1 aliphatic heterocycles. The smallest absolute Gasteiger partial charge is 0.255 e. The fraction of sp³-hybridized carbons (Fsp3) is 0.300. The molecule has 26 heavy (non-hydrogen) atoms. The summed E-state index contributed by atoms with van der Waals surface area (Å²) in [5, 5.41) is 6.52. The Hall–Kier alpha value is -1.92. The number of fused-ring (bicyclic) bond motifs is 1. The molecule has 2 aromatic rings. The monoisotopic (exact) mass is 384 g/mol. The van der Waals surface area contributed by atoms with Gasteiger partial charge >= 0.3 is 0 Å². The zero-order valence-corrected chi connectivity index (χ0v) is 15.9. The Bertz CT molecular complexity index is 847.